The summed E-state index contributed by atoms with van der Waals surface area (Å²) in [6.45, 7) is 1.50. The Morgan fingerprint density at radius 1 is 1.36 bits per heavy atom. The maximum atomic E-state index is 12.3. The summed E-state index contributed by atoms with van der Waals surface area (Å²) in [6, 6.07) is 6.66. The van der Waals surface area contributed by atoms with Crippen LogP contribution in [-0.2, 0) is 11.3 Å². The molecule has 0 aliphatic rings. The molecule has 0 aliphatic carbocycles. The Labute approximate surface area is 128 Å². The van der Waals surface area contributed by atoms with Crippen LogP contribution in [0.3, 0.4) is 0 Å². The molecule has 1 aromatic carbocycles. The molecule has 3 rings (SSSR count). The van der Waals surface area contributed by atoms with Gasteiger partial charge in [-0.3, -0.25) is 14.2 Å². The van der Waals surface area contributed by atoms with Crippen LogP contribution in [0, 0.1) is 6.92 Å². The SMILES string of the molecule is Cc1cnc(NC(=O)Cn2c(=O)[nH]c3ccccc3c2=O)s1. The van der Waals surface area contributed by atoms with Gasteiger partial charge in [-0.1, -0.05) is 12.1 Å². The van der Waals surface area contributed by atoms with E-state index >= 15 is 0 Å². The zero-order valence-electron chi connectivity index (χ0n) is 11.6. The molecule has 0 radical (unpaired) electrons. The summed E-state index contributed by atoms with van der Waals surface area (Å²) in [4.78, 5) is 43.8. The van der Waals surface area contributed by atoms with Crippen molar-refractivity contribution in [3.05, 3.63) is 56.2 Å². The first-order valence-electron chi connectivity index (χ1n) is 6.49. The predicted octanol–water partition coefficient (Wildman–Crippen LogP) is 1.09. The standard InChI is InChI=1S/C14H12N4O3S/c1-8-6-15-13(22-8)17-11(19)7-18-12(20)9-4-2-3-5-10(9)16-14(18)21/h2-6H,7H2,1H3,(H,16,21)(H,15,17,19). The first-order chi connectivity index (χ1) is 10.5. The molecular weight excluding hydrogens is 304 g/mol. The van der Waals surface area contributed by atoms with Crippen LogP contribution in [-0.4, -0.2) is 20.4 Å². The van der Waals surface area contributed by atoms with Gasteiger partial charge in [0.2, 0.25) is 5.91 Å². The molecule has 3 aromatic rings. The maximum Gasteiger partial charge on any atom is 0.329 e. The van der Waals surface area contributed by atoms with E-state index in [0.717, 1.165) is 9.44 Å². The number of benzene rings is 1. The normalized spacial score (nSPS) is 10.8. The van der Waals surface area contributed by atoms with Crippen LogP contribution >= 0.6 is 11.3 Å². The highest BCUT2D eigenvalue weighted by Crippen LogP contribution is 2.16. The van der Waals surface area contributed by atoms with E-state index in [-0.39, 0.29) is 6.54 Å². The number of carbonyl (C=O) groups is 1. The van der Waals surface area contributed by atoms with Gasteiger partial charge in [-0.05, 0) is 19.1 Å². The topological polar surface area (TPSA) is 96.8 Å². The molecule has 2 aromatic heterocycles. The second kappa shape index (κ2) is 5.57. The molecule has 1 amide bonds. The second-order valence-corrected chi connectivity index (χ2v) is 5.93. The Hall–Kier alpha value is -2.74. The number of anilines is 1. The van der Waals surface area contributed by atoms with Crippen LogP contribution in [0.2, 0.25) is 0 Å². The minimum atomic E-state index is -0.617. The number of aromatic nitrogens is 3. The van der Waals surface area contributed by atoms with Gasteiger partial charge in [-0.2, -0.15) is 0 Å². The van der Waals surface area contributed by atoms with Crippen molar-refractivity contribution in [2.24, 2.45) is 0 Å². The van der Waals surface area contributed by atoms with Crippen molar-refractivity contribution in [3.8, 4) is 0 Å². The average Bonchev–Trinajstić information content (AvgIpc) is 2.88. The molecule has 0 unspecified atom stereocenters. The van der Waals surface area contributed by atoms with E-state index in [1.165, 1.54) is 11.3 Å². The van der Waals surface area contributed by atoms with E-state index in [4.69, 9.17) is 0 Å². The molecule has 7 nitrogen and oxygen atoms in total. The number of carbonyl (C=O) groups excluding carboxylic acids is 1. The van der Waals surface area contributed by atoms with E-state index in [2.05, 4.69) is 15.3 Å². The summed E-state index contributed by atoms with van der Waals surface area (Å²) < 4.78 is 0.873. The van der Waals surface area contributed by atoms with E-state index in [1.807, 2.05) is 6.92 Å². The van der Waals surface area contributed by atoms with E-state index in [0.29, 0.717) is 16.0 Å². The van der Waals surface area contributed by atoms with Gasteiger partial charge in [0.1, 0.15) is 6.54 Å². The van der Waals surface area contributed by atoms with Crippen LogP contribution in [0.5, 0.6) is 0 Å². The third kappa shape index (κ3) is 2.68. The molecule has 0 saturated carbocycles. The highest BCUT2D eigenvalue weighted by atomic mass is 32.1. The molecule has 0 atom stereocenters. The second-order valence-electron chi connectivity index (χ2n) is 4.69. The molecule has 2 heterocycles. The maximum absolute atomic E-state index is 12.3. The van der Waals surface area contributed by atoms with Crippen molar-refractivity contribution in [2.75, 3.05) is 5.32 Å². The number of nitrogens with one attached hydrogen (secondary N) is 2. The van der Waals surface area contributed by atoms with Crippen LogP contribution < -0.4 is 16.6 Å². The quantitative estimate of drug-likeness (QED) is 0.756. The third-order valence-corrected chi connectivity index (χ3v) is 3.89. The van der Waals surface area contributed by atoms with Gasteiger partial charge >= 0.3 is 5.69 Å². The lowest BCUT2D eigenvalue weighted by molar-refractivity contribution is -0.116. The van der Waals surface area contributed by atoms with Crippen LogP contribution in [0.1, 0.15) is 4.88 Å². The summed E-state index contributed by atoms with van der Waals surface area (Å²) in [5.74, 6) is -0.475. The van der Waals surface area contributed by atoms with E-state index in [9.17, 15) is 14.4 Å². The number of fused-ring (bicyclic) bond motifs is 1. The predicted molar refractivity (Wildman–Crippen MR) is 84.3 cm³/mol. The number of aryl methyl sites for hydroxylation is 1. The number of nitrogens with zero attached hydrogens (tertiary/aromatic N) is 2. The number of H-pyrrole nitrogens is 1. The summed E-state index contributed by atoms with van der Waals surface area (Å²) in [5.41, 5.74) is -0.663. The average molecular weight is 316 g/mol. The third-order valence-electron chi connectivity index (χ3n) is 3.06. The minimum Gasteiger partial charge on any atom is -0.307 e. The van der Waals surface area contributed by atoms with Gasteiger partial charge in [0.05, 0.1) is 10.9 Å². The van der Waals surface area contributed by atoms with Gasteiger partial charge in [-0.15, -0.1) is 11.3 Å². The zero-order chi connectivity index (χ0) is 15.7. The fourth-order valence-electron chi connectivity index (χ4n) is 2.06. The summed E-state index contributed by atoms with van der Waals surface area (Å²) >= 11 is 1.32. The lowest BCUT2D eigenvalue weighted by Gasteiger charge is -2.06. The molecule has 2 N–H and O–H groups in total. The molecule has 22 heavy (non-hydrogen) atoms. The van der Waals surface area contributed by atoms with E-state index < -0.39 is 17.2 Å². The number of rotatable bonds is 3. The molecule has 0 fully saturated rings. The Morgan fingerprint density at radius 3 is 2.86 bits per heavy atom. The van der Waals surface area contributed by atoms with Crippen LogP contribution in [0.15, 0.2) is 40.1 Å². The summed E-state index contributed by atoms with van der Waals surface area (Å²) in [7, 11) is 0. The van der Waals surface area contributed by atoms with Crippen molar-refractivity contribution in [2.45, 2.75) is 13.5 Å². The Balaban J connectivity index is 1.92. The number of thiazole rings is 1. The van der Waals surface area contributed by atoms with Crippen molar-refractivity contribution >= 4 is 33.3 Å². The fourth-order valence-corrected chi connectivity index (χ4v) is 2.74. The number of hydrogen-bond donors (Lipinski definition) is 2. The highest BCUT2D eigenvalue weighted by Gasteiger charge is 2.12. The minimum absolute atomic E-state index is 0.361. The summed E-state index contributed by atoms with van der Waals surface area (Å²) in [6.07, 6.45) is 1.63. The van der Waals surface area contributed by atoms with Crippen LogP contribution in [0.25, 0.3) is 10.9 Å². The van der Waals surface area contributed by atoms with Gasteiger partial charge in [0, 0.05) is 11.1 Å². The van der Waals surface area contributed by atoms with Crippen molar-refractivity contribution < 1.29 is 4.79 Å². The Bertz CT molecular complexity index is 970. The van der Waals surface area contributed by atoms with Crippen molar-refractivity contribution in [1.82, 2.24) is 14.5 Å². The molecule has 0 aliphatic heterocycles. The molecule has 8 heteroatoms. The Kier molecular flexibility index (Phi) is 3.60. The summed E-state index contributed by atoms with van der Waals surface area (Å²) in [5, 5.41) is 3.37. The van der Waals surface area contributed by atoms with Crippen molar-refractivity contribution in [1.29, 1.82) is 0 Å². The number of hydrogen-bond acceptors (Lipinski definition) is 5. The highest BCUT2D eigenvalue weighted by molar-refractivity contribution is 7.15. The Morgan fingerprint density at radius 2 is 2.14 bits per heavy atom. The van der Waals surface area contributed by atoms with Gasteiger partial charge in [0.25, 0.3) is 5.56 Å². The monoisotopic (exact) mass is 316 g/mol. The molecule has 0 spiro atoms. The van der Waals surface area contributed by atoms with Crippen LogP contribution in [0.4, 0.5) is 5.13 Å². The molecular formula is C14H12N4O3S. The first kappa shape index (κ1) is 14.2. The molecule has 0 saturated heterocycles. The number of para-hydroxylation sites is 1. The van der Waals surface area contributed by atoms with E-state index in [1.54, 1.807) is 30.5 Å². The van der Waals surface area contributed by atoms with Gasteiger partial charge in [-0.25, -0.2) is 9.78 Å². The zero-order valence-corrected chi connectivity index (χ0v) is 12.4. The molecule has 112 valence electrons. The number of aromatic amines is 1. The lowest BCUT2D eigenvalue weighted by atomic mass is 10.2. The van der Waals surface area contributed by atoms with Crippen molar-refractivity contribution in [3.63, 3.8) is 0 Å². The number of amides is 1. The van der Waals surface area contributed by atoms with Gasteiger partial charge in [0.15, 0.2) is 5.13 Å². The van der Waals surface area contributed by atoms with Gasteiger partial charge < -0.3 is 10.3 Å². The fraction of sp³-hybridized carbons (Fsp3) is 0.143. The smallest absolute Gasteiger partial charge is 0.307 e. The largest absolute Gasteiger partial charge is 0.329 e. The molecule has 0 bridgehead atoms. The first-order valence-corrected chi connectivity index (χ1v) is 7.30. The lowest BCUT2D eigenvalue weighted by Crippen LogP contribution is -2.38.